The minimum atomic E-state index is -1.05. The monoisotopic (exact) mass is 441 g/mol. The summed E-state index contributed by atoms with van der Waals surface area (Å²) in [5, 5.41) is 3.21. The maximum atomic E-state index is 12.7. The first-order valence-corrected chi connectivity index (χ1v) is 10.9. The Morgan fingerprint density at radius 3 is 2.87 bits per heavy atom. The molecule has 4 rings (SSSR count). The van der Waals surface area contributed by atoms with E-state index in [1.54, 1.807) is 18.2 Å². The van der Waals surface area contributed by atoms with Crippen molar-refractivity contribution in [2.24, 2.45) is 5.92 Å². The van der Waals surface area contributed by atoms with Crippen LogP contribution in [0.25, 0.3) is 11.0 Å². The molecule has 8 nitrogen and oxygen atoms in total. The van der Waals surface area contributed by atoms with E-state index in [9.17, 15) is 14.4 Å². The van der Waals surface area contributed by atoms with Crippen LogP contribution in [0, 0.1) is 5.92 Å². The maximum absolute atomic E-state index is 12.7. The maximum Gasteiger partial charge on any atom is 0.341 e. The number of rotatable bonds is 5. The average molecular weight is 442 g/mol. The third-order valence-corrected chi connectivity index (χ3v) is 6.62. The van der Waals surface area contributed by atoms with Crippen LogP contribution in [0.5, 0.6) is 0 Å². The highest BCUT2D eigenvalue weighted by atomic mass is 32.1. The second kappa shape index (κ2) is 8.50. The van der Waals surface area contributed by atoms with Gasteiger partial charge in [-0.05, 0) is 55.9 Å². The number of fused-ring (bicyclic) bond motifs is 2. The van der Waals surface area contributed by atoms with Crippen molar-refractivity contribution in [2.45, 2.75) is 39.2 Å². The van der Waals surface area contributed by atoms with Gasteiger partial charge in [0.15, 0.2) is 6.10 Å². The fourth-order valence-electron chi connectivity index (χ4n) is 3.72. The molecule has 0 saturated carbocycles. The predicted molar refractivity (Wildman–Crippen MR) is 116 cm³/mol. The van der Waals surface area contributed by atoms with Crippen LogP contribution < -0.4 is 5.32 Å². The standard InChI is InChI=1S/C22H23N3O5S/c1-11-4-6-14-17(8-11)31-20(18(14)22(28)29-3)25-19(26)12(2)30-21(27)13-5-7-15-16(9-13)24-10-23-15/h5,7,9-12H,4,6,8H2,1-3H3,(H,23,24)(H,25,26). The lowest BCUT2D eigenvalue weighted by Gasteiger charge is -2.18. The summed E-state index contributed by atoms with van der Waals surface area (Å²) in [5.41, 5.74) is 3.10. The van der Waals surface area contributed by atoms with E-state index < -0.39 is 23.9 Å². The SMILES string of the molecule is COC(=O)c1c(NC(=O)C(C)OC(=O)c2ccc3nc[nH]c3c2)sc2c1CCC(C)C2. The zero-order chi connectivity index (χ0) is 22.1. The highest BCUT2D eigenvalue weighted by Gasteiger charge is 2.30. The lowest BCUT2D eigenvalue weighted by Crippen LogP contribution is -2.30. The summed E-state index contributed by atoms with van der Waals surface area (Å²) in [5.74, 6) is -1.08. The van der Waals surface area contributed by atoms with E-state index in [0.717, 1.165) is 35.2 Å². The molecular formula is C22H23N3O5S. The summed E-state index contributed by atoms with van der Waals surface area (Å²) in [6.07, 6.45) is 3.11. The smallest absolute Gasteiger partial charge is 0.341 e. The van der Waals surface area contributed by atoms with E-state index in [1.165, 1.54) is 31.7 Å². The summed E-state index contributed by atoms with van der Waals surface area (Å²) >= 11 is 1.39. The van der Waals surface area contributed by atoms with E-state index in [0.29, 0.717) is 27.6 Å². The topological polar surface area (TPSA) is 110 Å². The van der Waals surface area contributed by atoms with Crippen molar-refractivity contribution in [2.75, 3.05) is 12.4 Å². The average Bonchev–Trinajstić information content (AvgIpc) is 3.36. The Morgan fingerprint density at radius 1 is 1.29 bits per heavy atom. The first-order valence-electron chi connectivity index (χ1n) is 10.0. The number of thiophene rings is 1. The first kappa shape index (κ1) is 21.0. The molecule has 1 amide bonds. The molecule has 0 bridgehead atoms. The van der Waals surface area contributed by atoms with E-state index in [2.05, 4.69) is 22.2 Å². The van der Waals surface area contributed by atoms with Gasteiger partial charge in [-0.3, -0.25) is 4.79 Å². The number of aromatic amines is 1. The van der Waals surface area contributed by atoms with Crippen LogP contribution in [0.3, 0.4) is 0 Å². The van der Waals surface area contributed by atoms with E-state index in [1.807, 2.05) is 0 Å². The quantitative estimate of drug-likeness (QED) is 0.584. The van der Waals surface area contributed by atoms with Crippen LogP contribution in [0.1, 0.15) is 51.4 Å². The number of carbonyl (C=O) groups is 3. The van der Waals surface area contributed by atoms with Gasteiger partial charge in [0.2, 0.25) is 0 Å². The zero-order valence-electron chi connectivity index (χ0n) is 17.5. The Hall–Kier alpha value is -3.20. The molecule has 0 spiro atoms. The summed E-state index contributed by atoms with van der Waals surface area (Å²) in [6.45, 7) is 3.66. The Morgan fingerprint density at radius 2 is 2.10 bits per heavy atom. The molecule has 2 N–H and O–H groups in total. The van der Waals surface area contributed by atoms with Gasteiger partial charge in [0, 0.05) is 4.88 Å². The normalized spacial score (nSPS) is 16.4. The van der Waals surface area contributed by atoms with Crippen molar-refractivity contribution < 1.29 is 23.9 Å². The minimum absolute atomic E-state index is 0.312. The number of benzene rings is 1. The Kier molecular flexibility index (Phi) is 5.77. The van der Waals surface area contributed by atoms with Crippen LogP contribution in [0.2, 0.25) is 0 Å². The second-order valence-corrected chi connectivity index (χ2v) is 8.82. The van der Waals surface area contributed by atoms with Crippen molar-refractivity contribution in [3.63, 3.8) is 0 Å². The molecule has 2 aromatic heterocycles. The fraction of sp³-hybridized carbons (Fsp3) is 0.364. The fourth-order valence-corrected chi connectivity index (χ4v) is 5.12. The molecule has 1 aromatic carbocycles. The van der Waals surface area contributed by atoms with Crippen LogP contribution in [-0.2, 0) is 27.1 Å². The Labute approximate surface area is 183 Å². The number of methoxy groups -OCH3 is 1. The molecule has 0 fully saturated rings. The molecule has 162 valence electrons. The molecule has 1 aliphatic carbocycles. The van der Waals surface area contributed by atoms with Gasteiger partial charge in [0.25, 0.3) is 5.91 Å². The van der Waals surface area contributed by atoms with Crippen LogP contribution in [0.15, 0.2) is 24.5 Å². The molecule has 0 radical (unpaired) electrons. The van der Waals surface area contributed by atoms with Crippen LogP contribution in [0.4, 0.5) is 5.00 Å². The number of H-pyrrole nitrogens is 1. The van der Waals surface area contributed by atoms with Gasteiger partial charge in [-0.25, -0.2) is 14.6 Å². The first-order chi connectivity index (χ1) is 14.9. The van der Waals surface area contributed by atoms with E-state index in [-0.39, 0.29) is 0 Å². The summed E-state index contributed by atoms with van der Waals surface area (Å²) < 4.78 is 10.3. The highest BCUT2D eigenvalue weighted by Crippen LogP contribution is 2.40. The lowest BCUT2D eigenvalue weighted by molar-refractivity contribution is -0.123. The van der Waals surface area contributed by atoms with Gasteiger partial charge in [-0.2, -0.15) is 0 Å². The van der Waals surface area contributed by atoms with Crippen molar-refractivity contribution in [1.82, 2.24) is 9.97 Å². The van der Waals surface area contributed by atoms with Crippen molar-refractivity contribution in [3.8, 4) is 0 Å². The van der Waals surface area contributed by atoms with Crippen molar-refractivity contribution in [1.29, 1.82) is 0 Å². The number of imidazole rings is 1. The number of carbonyl (C=O) groups excluding carboxylic acids is 3. The lowest BCUT2D eigenvalue weighted by atomic mass is 9.88. The molecule has 1 aliphatic rings. The zero-order valence-corrected chi connectivity index (χ0v) is 18.3. The molecule has 3 aromatic rings. The number of anilines is 1. The van der Waals surface area contributed by atoms with Gasteiger partial charge < -0.3 is 19.8 Å². The van der Waals surface area contributed by atoms with Gasteiger partial charge in [-0.1, -0.05) is 6.92 Å². The summed E-state index contributed by atoms with van der Waals surface area (Å²) in [4.78, 5) is 45.7. The highest BCUT2D eigenvalue weighted by molar-refractivity contribution is 7.17. The molecule has 9 heteroatoms. The Balaban J connectivity index is 1.49. The van der Waals surface area contributed by atoms with Gasteiger partial charge >= 0.3 is 11.9 Å². The number of nitrogens with one attached hydrogen (secondary N) is 2. The number of aromatic nitrogens is 2. The van der Waals surface area contributed by atoms with Gasteiger partial charge in [0.05, 0.1) is 35.6 Å². The second-order valence-electron chi connectivity index (χ2n) is 7.72. The van der Waals surface area contributed by atoms with E-state index >= 15 is 0 Å². The molecule has 2 unspecified atom stereocenters. The predicted octanol–water partition coefficient (Wildman–Crippen LogP) is 3.72. The minimum Gasteiger partial charge on any atom is -0.465 e. The molecule has 0 saturated heterocycles. The summed E-state index contributed by atoms with van der Waals surface area (Å²) in [6, 6.07) is 4.92. The number of nitrogens with zero attached hydrogens (tertiary/aromatic N) is 1. The van der Waals surface area contributed by atoms with Gasteiger partial charge in [0.1, 0.15) is 5.00 Å². The van der Waals surface area contributed by atoms with E-state index in [4.69, 9.17) is 9.47 Å². The Bertz CT molecular complexity index is 1170. The third-order valence-electron chi connectivity index (χ3n) is 5.45. The largest absolute Gasteiger partial charge is 0.465 e. The van der Waals surface area contributed by atoms with Crippen molar-refractivity contribution in [3.05, 3.63) is 46.1 Å². The number of amides is 1. The third kappa shape index (κ3) is 4.18. The van der Waals surface area contributed by atoms with Crippen LogP contribution in [-0.4, -0.2) is 41.0 Å². The molecule has 31 heavy (non-hydrogen) atoms. The van der Waals surface area contributed by atoms with Crippen LogP contribution >= 0.6 is 11.3 Å². The molecular weight excluding hydrogens is 418 g/mol. The number of ether oxygens (including phenoxy) is 2. The summed E-state index contributed by atoms with van der Waals surface area (Å²) in [7, 11) is 1.32. The molecule has 2 heterocycles. The van der Waals surface area contributed by atoms with Gasteiger partial charge in [-0.15, -0.1) is 11.3 Å². The molecule has 0 aliphatic heterocycles. The number of hydrogen-bond acceptors (Lipinski definition) is 7. The molecule has 2 atom stereocenters. The number of hydrogen-bond donors (Lipinski definition) is 2. The van der Waals surface area contributed by atoms with Crippen molar-refractivity contribution >= 4 is 45.2 Å². The number of esters is 2.